The number of rotatable bonds is 7. The number of hydrogen-bond donors (Lipinski definition) is 0. The molecule has 0 saturated carbocycles. The van der Waals surface area contributed by atoms with E-state index in [9.17, 15) is 4.79 Å². The average Bonchev–Trinajstić information content (AvgIpc) is 2.55. The summed E-state index contributed by atoms with van der Waals surface area (Å²) in [6.45, 7) is 6.03. The highest BCUT2D eigenvalue weighted by Gasteiger charge is 2.30. The lowest BCUT2D eigenvalue weighted by Crippen LogP contribution is -2.28. The molecular weight excluding hydrogens is 320 g/mol. The van der Waals surface area contributed by atoms with Gasteiger partial charge in [0.15, 0.2) is 5.78 Å². The van der Waals surface area contributed by atoms with Crippen LogP contribution in [-0.4, -0.2) is 10.4 Å². The number of carbonyl (C=O) groups excluding carboxylic acids is 1. The van der Waals surface area contributed by atoms with E-state index in [2.05, 4.69) is 24.3 Å². The predicted octanol–water partition coefficient (Wildman–Crippen LogP) is 5.79. The Morgan fingerprint density at radius 3 is 1.57 bits per heavy atom. The Morgan fingerprint density at radius 1 is 0.826 bits per heavy atom. The standard InChI is InChI=1S/C20H24OS2/c1-20(2,3)18(21)19(22-14-16-10-6-4-7-11-16)23-15-17-12-8-5-9-13-17/h4-13,19H,14-15H2,1-3H3. The van der Waals surface area contributed by atoms with Gasteiger partial charge in [-0.1, -0.05) is 81.4 Å². The molecule has 0 fully saturated rings. The Labute approximate surface area is 148 Å². The van der Waals surface area contributed by atoms with Crippen LogP contribution in [0.3, 0.4) is 0 Å². The van der Waals surface area contributed by atoms with E-state index in [4.69, 9.17) is 0 Å². The first-order chi connectivity index (χ1) is 11.0. The molecule has 0 spiro atoms. The molecule has 2 aromatic carbocycles. The molecule has 0 bridgehead atoms. The van der Waals surface area contributed by atoms with Crippen molar-refractivity contribution < 1.29 is 4.79 Å². The van der Waals surface area contributed by atoms with Crippen molar-refractivity contribution in [1.82, 2.24) is 0 Å². The molecule has 0 unspecified atom stereocenters. The van der Waals surface area contributed by atoms with Crippen molar-refractivity contribution in [3.63, 3.8) is 0 Å². The molecular formula is C20H24OS2. The Morgan fingerprint density at radius 2 is 1.22 bits per heavy atom. The fraction of sp³-hybridized carbons (Fsp3) is 0.350. The topological polar surface area (TPSA) is 17.1 Å². The summed E-state index contributed by atoms with van der Waals surface area (Å²) in [7, 11) is 0. The first-order valence-electron chi connectivity index (χ1n) is 7.82. The number of ketones is 1. The summed E-state index contributed by atoms with van der Waals surface area (Å²) in [6.07, 6.45) is 0. The van der Waals surface area contributed by atoms with Gasteiger partial charge in [0.05, 0.1) is 0 Å². The zero-order chi connectivity index (χ0) is 16.7. The molecule has 3 heteroatoms. The van der Waals surface area contributed by atoms with Crippen LogP contribution in [-0.2, 0) is 16.3 Å². The Bertz CT molecular complexity index is 559. The SMILES string of the molecule is CC(C)(C)C(=O)C(SCc1ccccc1)SCc1ccccc1. The van der Waals surface area contributed by atoms with Crippen LogP contribution in [0.4, 0.5) is 0 Å². The quantitative estimate of drug-likeness (QED) is 0.591. The minimum atomic E-state index is -0.307. The van der Waals surface area contributed by atoms with Crippen LogP contribution in [0.2, 0.25) is 0 Å². The van der Waals surface area contributed by atoms with Gasteiger partial charge in [-0.15, -0.1) is 23.5 Å². The van der Waals surface area contributed by atoms with E-state index in [-0.39, 0.29) is 10.00 Å². The van der Waals surface area contributed by atoms with Crippen molar-refractivity contribution in [3.8, 4) is 0 Å². The molecule has 0 aliphatic carbocycles. The van der Waals surface area contributed by atoms with E-state index in [1.54, 1.807) is 23.5 Å². The summed E-state index contributed by atoms with van der Waals surface area (Å²) in [5.41, 5.74) is 2.23. The molecule has 0 saturated heterocycles. The first kappa shape index (κ1) is 18.2. The molecule has 0 aliphatic heterocycles. The third-order valence-electron chi connectivity index (χ3n) is 3.44. The summed E-state index contributed by atoms with van der Waals surface area (Å²) in [4.78, 5) is 12.8. The second-order valence-electron chi connectivity index (χ2n) is 6.54. The maximum absolute atomic E-state index is 12.8. The lowest BCUT2D eigenvalue weighted by Gasteiger charge is -2.24. The Hall–Kier alpha value is -1.19. The van der Waals surface area contributed by atoms with E-state index in [1.807, 2.05) is 57.2 Å². The maximum Gasteiger partial charge on any atom is 0.161 e. The monoisotopic (exact) mass is 344 g/mol. The van der Waals surface area contributed by atoms with Crippen LogP contribution in [0.5, 0.6) is 0 Å². The lowest BCUT2D eigenvalue weighted by molar-refractivity contribution is -0.124. The van der Waals surface area contributed by atoms with Gasteiger partial charge in [-0.3, -0.25) is 4.79 Å². The van der Waals surface area contributed by atoms with Gasteiger partial charge in [0.2, 0.25) is 0 Å². The molecule has 122 valence electrons. The normalized spacial score (nSPS) is 11.7. The van der Waals surface area contributed by atoms with E-state index < -0.39 is 0 Å². The second kappa shape index (κ2) is 8.60. The summed E-state index contributed by atoms with van der Waals surface area (Å²) in [6, 6.07) is 20.7. The molecule has 2 rings (SSSR count). The number of Topliss-reactive ketones (excluding diaryl/α,β-unsaturated/α-hetero) is 1. The molecule has 0 radical (unpaired) electrons. The molecule has 1 nitrogen and oxygen atoms in total. The van der Waals surface area contributed by atoms with Crippen molar-refractivity contribution in [3.05, 3.63) is 71.8 Å². The molecule has 0 heterocycles. The van der Waals surface area contributed by atoms with Crippen LogP contribution in [0.25, 0.3) is 0 Å². The maximum atomic E-state index is 12.8. The zero-order valence-corrected chi connectivity index (χ0v) is 15.6. The molecule has 0 amide bonds. The number of thioether (sulfide) groups is 2. The highest BCUT2D eigenvalue weighted by atomic mass is 32.2. The average molecular weight is 345 g/mol. The predicted molar refractivity (Wildman–Crippen MR) is 104 cm³/mol. The highest BCUT2D eigenvalue weighted by molar-refractivity contribution is 8.17. The molecule has 2 aromatic rings. The van der Waals surface area contributed by atoms with E-state index >= 15 is 0 Å². The van der Waals surface area contributed by atoms with Gasteiger partial charge < -0.3 is 0 Å². The molecule has 0 atom stereocenters. The summed E-state index contributed by atoms with van der Waals surface area (Å²) >= 11 is 3.48. The minimum absolute atomic E-state index is 0.0320. The van der Waals surface area contributed by atoms with Gasteiger partial charge in [0, 0.05) is 16.9 Å². The van der Waals surface area contributed by atoms with Crippen LogP contribution in [0.15, 0.2) is 60.7 Å². The first-order valence-corrected chi connectivity index (χ1v) is 9.92. The molecule has 23 heavy (non-hydrogen) atoms. The van der Waals surface area contributed by atoms with Gasteiger partial charge >= 0.3 is 0 Å². The van der Waals surface area contributed by atoms with E-state index in [1.165, 1.54) is 11.1 Å². The van der Waals surface area contributed by atoms with Crippen molar-refractivity contribution in [2.45, 2.75) is 36.9 Å². The lowest BCUT2D eigenvalue weighted by atomic mass is 9.92. The number of carbonyl (C=O) groups is 1. The second-order valence-corrected chi connectivity index (χ2v) is 9.02. The van der Waals surface area contributed by atoms with Gasteiger partial charge in [0.25, 0.3) is 0 Å². The molecule has 0 aromatic heterocycles. The van der Waals surface area contributed by atoms with Gasteiger partial charge in [0.1, 0.15) is 4.58 Å². The zero-order valence-electron chi connectivity index (χ0n) is 14.0. The fourth-order valence-electron chi connectivity index (χ4n) is 2.05. The Balaban J connectivity index is 2.01. The van der Waals surface area contributed by atoms with Crippen LogP contribution in [0, 0.1) is 5.41 Å². The van der Waals surface area contributed by atoms with Crippen LogP contribution >= 0.6 is 23.5 Å². The van der Waals surface area contributed by atoms with Crippen molar-refractivity contribution in [1.29, 1.82) is 0 Å². The fourth-order valence-corrected chi connectivity index (χ4v) is 4.92. The van der Waals surface area contributed by atoms with Crippen LogP contribution in [0.1, 0.15) is 31.9 Å². The summed E-state index contributed by atoms with van der Waals surface area (Å²) < 4.78 is -0.0320. The summed E-state index contributed by atoms with van der Waals surface area (Å²) in [5, 5.41) is 0. The van der Waals surface area contributed by atoms with Crippen LogP contribution < -0.4 is 0 Å². The van der Waals surface area contributed by atoms with E-state index in [0.29, 0.717) is 5.78 Å². The summed E-state index contributed by atoms with van der Waals surface area (Å²) in [5.74, 6) is 2.06. The van der Waals surface area contributed by atoms with E-state index in [0.717, 1.165) is 11.5 Å². The van der Waals surface area contributed by atoms with Crippen molar-refractivity contribution >= 4 is 29.3 Å². The largest absolute Gasteiger partial charge is 0.297 e. The van der Waals surface area contributed by atoms with Crippen molar-refractivity contribution in [2.75, 3.05) is 0 Å². The molecule has 0 aliphatic rings. The van der Waals surface area contributed by atoms with Crippen molar-refractivity contribution in [2.24, 2.45) is 5.41 Å². The third-order valence-corrected chi connectivity index (χ3v) is 6.29. The Kier molecular flexibility index (Phi) is 6.79. The number of benzene rings is 2. The van der Waals surface area contributed by atoms with Gasteiger partial charge in [-0.25, -0.2) is 0 Å². The third kappa shape index (κ3) is 6.08. The highest BCUT2D eigenvalue weighted by Crippen LogP contribution is 2.35. The number of hydrogen-bond acceptors (Lipinski definition) is 3. The molecule has 0 N–H and O–H groups in total. The van der Waals surface area contributed by atoms with Gasteiger partial charge in [-0.05, 0) is 11.1 Å². The van der Waals surface area contributed by atoms with Gasteiger partial charge in [-0.2, -0.15) is 0 Å². The smallest absolute Gasteiger partial charge is 0.161 e. The minimum Gasteiger partial charge on any atom is -0.297 e.